The van der Waals surface area contributed by atoms with Crippen LogP contribution in [0.3, 0.4) is 0 Å². The molecule has 0 aliphatic heterocycles. The molecule has 0 aliphatic rings. The first-order valence-corrected chi connectivity index (χ1v) is 6.75. The van der Waals surface area contributed by atoms with Gasteiger partial charge in [0.05, 0.1) is 12.6 Å². The minimum Gasteiger partial charge on any atom is -0.383 e. The molecule has 102 valence electrons. The lowest BCUT2D eigenvalue weighted by Crippen LogP contribution is -2.45. The van der Waals surface area contributed by atoms with E-state index >= 15 is 0 Å². The first-order chi connectivity index (χ1) is 8.72. The van der Waals surface area contributed by atoms with Gasteiger partial charge in [-0.25, -0.2) is 0 Å². The third-order valence-corrected chi connectivity index (χ3v) is 3.10. The second-order valence-electron chi connectivity index (χ2n) is 4.54. The van der Waals surface area contributed by atoms with Gasteiger partial charge in [0.15, 0.2) is 0 Å². The maximum absolute atomic E-state index is 5.35. The number of likely N-dealkylation sites (N-methyl/N-ethyl adjacent to an activating group) is 2. The van der Waals surface area contributed by atoms with Crippen LogP contribution in [-0.2, 0) is 4.74 Å². The van der Waals surface area contributed by atoms with E-state index in [9.17, 15) is 0 Å². The standard InChI is InChI=1S/C15H26N2O/c1-5-16-11-15(12-18-4)17(6-2)14-9-7-8-13(3)10-14/h7-10,15-16H,5-6,11-12H2,1-4H3. The van der Waals surface area contributed by atoms with Crippen molar-refractivity contribution >= 4 is 5.69 Å². The molecule has 0 fully saturated rings. The Kier molecular flexibility index (Phi) is 6.76. The SMILES string of the molecule is CCNCC(COC)N(CC)c1cccc(C)c1. The number of nitrogens with zero attached hydrogens (tertiary/aromatic N) is 1. The number of anilines is 1. The van der Waals surface area contributed by atoms with Gasteiger partial charge in [0.1, 0.15) is 0 Å². The number of hydrogen-bond donors (Lipinski definition) is 1. The monoisotopic (exact) mass is 250 g/mol. The molecule has 1 rings (SSSR count). The van der Waals surface area contributed by atoms with Crippen molar-refractivity contribution in [2.24, 2.45) is 0 Å². The molecule has 0 bridgehead atoms. The van der Waals surface area contributed by atoms with E-state index in [2.05, 4.69) is 55.3 Å². The molecule has 3 heteroatoms. The fourth-order valence-electron chi connectivity index (χ4n) is 2.22. The van der Waals surface area contributed by atoms with Crippen molar-refractivity contribution in [3.05, 3.63) is 29.8 Å². The summed E-state index contributed by atoms with van der Waals surface area (Å²) in [6, 6.07) is 9.03. The molecule has 0 amide bonds. The molecule has 1 N–H and O–H groups in total. The van der Waals surface area contributed by atoms with Crippen LogP contribution in [0, 0.1) is 6.92 Å². The van der Waals surface area contributed by atoms with Gasteiger partial charge in [0.25, 0.3) is 0 Å². The average Bonchev–Trinajstić information content (AvgIpc) is 2.37. The van der Waals surface area contributed by atoms with Crippen LogP contribution in [0.15, 0.2) is 24.3 Å². The summed E-state index contributed by atoms with van der Waals surface area (Å²) in [5, 5.41) is 3.41. The lowest BCUT2D eigenvalue weighted by Gasteiger charge is -2.32. The van der Waals surface area contributed by atoms with Crippen molar-refractivity contribution in [2.75, 3.05) is 38.3 Å². The Morgan fingerprint density at radius 1 is 1.33 bits per heavy atom. The summed E-state index contributed by atoms with van der Waals surface area (Å²) in [6.07, 6.45) is 0. The van der Waals surface area contributed by atoms with Crippen molar-refractivity contribution in [3.63, 3.8) is 0 Å². The molecule has 18 heavy (non-hydrogen) atoms. The zero-order chi connectivity index (χ0) is 13.4. The van der Waals surface area contributed by atoms with E-state index in [-0.39, 0.29) is 0 Å². The number of methoxy groups -OCH3 is 1. The first-order valence-electron chi connectivity index (χ1n) is 6.75. The maximum Gasteiger partial charge on any atom is 0.0678 e. The highest BCUT2D eigenvalue weighted by atomic mass is 16.5. The number of rotatable bonds is 8. The Morgan fingerprint density at radius 2 is 2.11 bits per heavy atom. The second kappa shape index (κ2) is 8.11. The average molecular weight is 250 g/mol. The minimum atomic E-state index is 0.377. The third kappa shape index (κ3) is 4.31. The van der Waals surface area contributed by atoms with Gasteiger partial charge in [-0.2, -0.15) is 0 Å². The van der Waals surface area contributed by atoms with Crippen LogP contribution in [0.25, 0.3) is 0 Å². The summed E-state index contributed by atoms with van der Waals surface area (Å²) in [5.41, 5.74) is 2.57. The second-order valence-corrected chi connectivity index (χ2v) is 4.54. The summed E-state index contributed by atoms with van der Waals surface area (Å²) in [7, 11) is 1.77. The number of ether oxygens (including phenoxy) is 1. The van der Waals surface area contributed by atoms with E-state index in [0.29, 0.717) is 6.04 Å². The van der Waals surface area contributed by atoms with E-state index in [1.54, 1.807) is 7.11 Å². The van der Waals surface area contributed by atoms with Crippen molar-refractivity contribution in [3.8, 4) is 0 Å². The number of aryl methyl sites for hydroxylation is 1. The molecule has 0 spiro atoms. The summed E-state index contributed by atoms with van der Waals surface area (Å²) in [6.45, 7) is 10.1. The molecule has 0 heterocycles. The van der Waals surface area contributed by atoms with E-state index in [1.807, 2.05) is 0 Å². The molecule has 3 nitrogen and oxygen atoms in total. The molecular weight excluding hydrogens is 224 g/mol. The van der Waals surface area contributed by atoms with E-state index in [0.717, 1.165) is 26.2 Å². The van der Waals surface area contributed by atoms with Crippen LogP contribution >= 0.6 is 0 Å². The quantitative estimate of drug-likeness (QED) is 0.767. The molecule has 0 aliphatic carbocycles. The first kappa shape index (κ1) is 15.0. The Hall–Kier alpha value is -1.06. The van der Waals surface area contributed by atoms with Crippen LogP contribution in [0.2, 0.25) is 0 Å². The molecule has 0 saturated carbocycles. The van der Waals surface area contributed by atoms with Crippen LogP contribution in [0.1, 0.15) is 19.4 Å². The van der Waals surface area contributed by atoms with Crippen molar-refractivity contribution in [2.45, 2.75) is 26.8 Å². The Labute approximate surface area is 111 Å². The summed E-state index contributed by atoms with van der Waals surface area (Å²) in [4.78, 5) is 2.40. The Morgan fingerprint density at radius 3 is 2.67 bits per heavy atom. The number of benzene rings is 1. The van der Waals surface area contributed by atoms with Crippen molar-refractivity contribution in [1.82, 2.24) is 5.32 Å². The van der Waals surface area contributed by atoms with Crippen LogP contribution in [0.4, 0.5) is 5.69 Å². The lowest BCUT2D eigenvalue weighted by molar-refractivity contribution is 0.175. The van der Waals surface area contributed by atoms with Gasteiger partial charge >= 0.3 is 0 Å². The largest absolute Gasteiger partial charge is 0.383 e. The molecule has 1 aromatic rings. The molecule has 0 saturated heterocycles. The molecule has 0 radical (unpaired) electrons. The van der Waals surface area contributed by atoms with Crippen LogP contribution < -0.4 is 10.2 Å². The topological polar surface area (TPSA) is 24.5 Å². The zero-order valence-corrected chi connectivity index (χ0v) is 12.1. The van der Waals surface area contributed by atoms with Gasteiger partial charge in [-0.05, 0) is 38.1 Å². The zero-order valence-electron chi connectivity index (χ0n) is 12.1. The highest BCUT2D eigenvalue weighted by Gasteiger charge is 2.17. The Bertz CT molecular complexity index is 341. The summed E-state index contributed by atoms with van der Waals surface area (Å²) >= 11 is 0. The van der Waals surface area contributed by atoms with Gasteiger partial charge < -0.3 is 15.0 Å². The number of hydrogen-bond acceptors (Lipinski definition) is 3. The van der Waals surface area contributed by atoms with E-state index in [4.69, 9.17) is 4.74 Å². The highest BCUT2D eigenvalue weighted by molar-refractivity contribution is 5.49. The normalized spacial score (nSPS) is 12.4. The van der Waals surface area contributed by atoms with E-state index < -0.39 is 0 Å². The maximum atomic E-state index is 5.35. The van der Waals surface area contributed by atoms with Gasteiger partial charge in [-0.15, -0.1) is 0 Å². The molecule has 1 aromatic carbocycles. The molecule has 1 unspecified atom stereocenters. The van der Waals surface area contributed by atoms with Gasteiger partial charge in [-0.1, -0.05) is 19.1 Å². The van der Waals surface area contributed by atoms with Gasteiger partial charge in [0, 0.05) is 25.9 Å². The summed E-state index contributed by atoms with van der Waals surface area (Å²) < 4.78 is 5.35. The predicted octanol–water partition coefficient (Wildman–Crippen LogP) is 2.45. The molecular formula is C15H26N2O. The Balaban J connectivity index is 2.83. The lowest BCUT2D eigenvalue weighted by atomic mass is 10.1. The van der Waals surface area contributed by atoms with Crippen molar-refractivity contribution < 1.29 is 4.74 Å². The number of nitrogens with one attached hydrogen (secondary N) is 1. The predicted molar refractivity (Wildman–Crippen MR) is 78.4 cm³/mol. The molecule has 1 atom stereocenters. The smallest absolute Gasteiger partial charge is 0.0678 e. The van der Waals surface area contributed by atoms with Crippen LogP contribution in [0.5, 0.6) is 0 Å². The third-order valence-electron chi connectivity index (χ3n) is 3.10. The minimum absolute atomic E-state index is 0.377. The van der Waals surface area contributed by atoms with Gasteiger partial charge in [-0.3, -0.25) is 0 Å². The van der Waals surface area contributed by atoms with Crippen molar-refractivity contribution in [1.29, 1.82) is 0 Å². The van der Waals surface area contributed by atoms with Gasteiger partial charge in [0.2, 0.25) is 0 Å². The van der Waals surface area contributed by atoms with Crippen LogP contribution in [-0.4, -0.2) is 39.4 Å². The fourth-order valence-corrected chi connectivity index (χ4v) is 2.22. The summed E-state index contributed by atoms with van der Waals surface area (Å²) in [5.74, 6) is 0. The van der Waals surface area contributed by atoms with E-state index in [1.165, 1.54) is 11.3 Å². The highest BCUT2D eigenvalue weighted by Crippen LogP contribution is 2.18. The fraction of sp³-hybridized carbons (Fsp3) is 0.600. The molecule has 0 aromatic heterocycles.